The normalized spacial score (nSPS) is 10.6. The molecule has 0 amide bonds. The van der Waals surface area contributed by atoms with Crippen LogP contribution in [-0.2, 0) is 13.1 Å². The van der Waals surface area contributed by atoms with Gasteiger partial charge in [-0.3, -0.25) is 10.1 Å². The van der Waals surface area contributed by atoms with Gasteiger partial charge in [0.15, 0.2) is 0 Å². The molecule has 6 heteroatoms. The Bertz CT molecular complexity index is 598. The van der Waals surface area contributed by atoms with E-state index in [9.17, 15) is 10.1 Å². The predicted octanol–water partition coefficient (Wildman–Crippen LogP) is 3.91. The van der Waals surface area contributed by atoms with Gasteiger partial charge in [0.05, 0.1) is 9.95 Å². The van der Waals surface area contributed by atoms with Crippen molar-refractivity contribution in [2.75, 3.05) is 0 Å². The number of nitrogens with zero attached hydrogens (tertiary/aromatic N) is 1. The van der Waals surface area contributed by atoms with Crippen LogP contribution in [0.15, 0.2) is 29.6 Å². The minimum Gasteiger partial charge on any atom is -0.308 e. The zero-order valence-electron chi connectivity index (χ0n) is 10.4. The molecule has 0 aliphatic rings. The largest absolute Gasteiger partial charge is 0.308 e. The first-order valence-corrected chi connectivity index (χ1v) is 7.00. The predicted molar refractivity (Wildman–Crippen MR) is 77.7 cm³/mol. The van der Waals surface area contributed by atoms with Crippen molar-refractivity contribution >= 4 is 28.6 Å². The molecule has 1 heterocycles. The van der Waals surface area contributed by atoms with Crippen molar-refractivity contribution < 1.29 is 4.92 Å². The molecule has 1 aromatic carbocycles. The number of nitro groups is 1. The molecule has 1 aromatic heterocycles. The molecule has 0 unspecified atom stereocenters. The van der Waals surface area contributed by atoms with E-state index in [1.54, 1.807) is 24.3 Å². The Balaban J connectivity index is 2.00. The molecule has 2 aromatic rings. The van der Waals surface area contributed by atoms with E-state index in [0.29, 0.717) is 18.7 Å². The average Bonchev–Trinajstić information content (AvgIpc) is 2.77. The second-order valence-corrected chi connectivity index (χ2v) is 5.59. The molecule has 4 nitrogen and oxygen atoms in total. The molecule has 0 atom stereocenters. The Labute approximate surface area is 120 Å². The molecule has 0 fully saturated rings. The second kappa shape index (κ2) is 6.14. The highest BCUT2D eigenvalue weighted by atomic mass is 35.5. The number of nitro benzene ring substituents is 1. The lowest BCUT2D eigenvalue weighted by Crippen LogP contribution is -2.13. The maximum absolute atomic E-state index is 10.8. The fourth-order valence-corrected chi connectivity index (χ4v) is 2.87. The molecule has 0 aliphatic heterocycles. The van der Waals surface area contributed by atoms with Crippen molar-refractivity contribution in [1.29, 1.82) is 0 Å². The van der Waals surface area contributed by atoms with Crippen molar-refractivity contribution in [3.05, 3.63) is 60.8 Å². The Morgan fingerprint density at radius 3 is 2.84 bits per heavy atom. The number of hydrogen-bond donors (Lipinski definition) is 1. The monoisotopic (exact) mass is 296 g/mol. The van der Waals surface area contributed by atoms with Crippen LogP contribution >= 0.6 is 22.9 Å². The van der Waals surface area contributed by atoms with Crippen molar-refractivity contribution in [2.45, 2.75) is 20.0 Å². The SMILES string of the molecule is Cc1c(CNCc2cc(Cl)cs2)cccc1[N+](=O)[O-]. The standard InChI is InChI=1S/C13H13ClN2O2S/c1-9-10(3-2-4-13(9)16(17)18)6-15-7-12-5-11(14)8-19-12/h2-5,8,15H,6-7H2,1H3. The van der Waals surface area contributed by atoms with Gasteiger partial charge in [0.25, 0.3) is 5.69 Å². The number of rotatable bonds is 5. The number of benzene rings is 1. The lowest BCUT2D eigenvalue weighted by molar-refractivity contribution is -0.385. The van der Waals surface area contributed by atoms with Crippen molar-refractivity contribution in [3.63, 3.8) is 0 Å². The third-order valence-electron chi connectivity index (χ3n) is 2.85. The minimum atomic E-state index is -0.349. The summed E-state index contributed by atoms with van der Waals surface area (Å²) in [6.45, 7) is 3.08. The van der Waals surface area contributed by atoms with E-state index < -0.39 is 0 Å². The summed E-state index contributed by atoms with van der Waals surface area (Å²) >= 11 is 7.44. The summed E-state index contributed by atoms with van der Waals surface area (Å²) in [5, 5.41) is 16.7. The highest BCUT2D eigenvalue weighted by molar-refractivity contribution is 7.10. The Morgan fingerprint density at radius 2 is 2.21 bits per heavy atom. The van der Waals surface area contributed by atoms with E-state index in [0.717, 1.165) is 15.5 Å². The maximum Gasteiger partial charge on any atom is 0.272 e. The highest BCUT2D eigenvalue weighted by Gasteiger charge is 2.12. The van der Waals surface area contributed by atoms with Gasteiger partial charge in [-0.15, -0.1) is 11.3 Å². The molecule has 0 bridgehead atoms. The van der Waals surface area contributed by atoms with E-state index in [1.165, 1.54) is 6.07 Å². The summed E-state index contributed by atoms with van der Waals surface area (Å²) in [5.74, 6) is 0. The van der Waals surface area contributed by atoms with Gasteiger partial charge >= 0.3 is 0 Å². The van der Waals surface area contributed by atoms with Crippen LogP contribution in [0.5, 0.6) is 0 Å². The fourth-order valence-electron chi connectivity index (χ4n) is 1.83. The fraction of sp³-hybridized carbons (Fsp3) is 0.231. The second-order valence-electron chi connectivity index (χ2n) is 4.15. The number of nitrogens with one attached hydrogen (secondary N) is 1. The smallest absolute Gasteiger partial charge is 0.272 e. The molecule has 0 aliphatic carbocycles. The molecule has 2 rings (SSSR count). The van der Waals surface area contributed by atoms with Gasteiger partial charge in [0.1, 0.15) is 0 Å². The van der Waals surface area contributed by atoms with Crippen LogP contribution in [0.25, 0.3) is 0 Å². The minimum absolute atomic E-state index is 0.165. The zero-order chi connectivity index (χ0) is 13.8. The average molecular weight is 297 g/mol. The first-order valence-electron chi connectivity index (χ1n) is 5.74. The summed E-state index contributed by atoms with van der Waals surface area (Å²) in [7, 11) is 0. The zero-order valence-corrected chi connectivity index (χ0v) is 11.9. The third-order valence-corrected chi connectivity index (χ3v) is 4.13. The molecular weight excluding hydrogens is 284 g/mol. The summed E-state index contributed by atoms with van der Waals surface area (Å²) in [6, 6.07) is 7.05. The van der Waals surface area contributed by atoms with Gasteiger partial charge in [0, 0.05) is 35.0 Å². The molecule has 0 radical (unpaired) electrons. The van der Waals surface area contributed by atoms with Crippen molar-refractivity contribution in [3.8, 4) is 0 Å². The molecule has 100 valence electrons. The van der Waals surface area contributed by atoms with Crippen LogP contribution in [0, 0.1) is 17.0 Å². The van der Waals surface area contributed by atoms with Crippen LogP contribution in [-0.4, -0.2) is 4.92 Å². The molecule has 1 N–H and O–H groups in total. The van der Waals surface area contributed by atoms with Gasteiger partial charge in [0.2, 0.25) is 0 Å². The van der Waals surface area contributed by atoms with Crippen LogP contribution in [0.2, 0.25) is 5.02 Å². The molecule has 19 heavy (non-hydrogen) atoms. The highest BCUT2D eigenvalue weighted by Crippen LogP contribution is 2.22. The van der Waals surface area contributed by atoms with Gasteiger partial charge in [-0.1, -0.05) is 23.7 Å². The Hall–Kier alpha value is -1.43. The van der Waals surface area contributed by atoms with Crippen LogP contribution in [0.3, 0.4) is 0 Å². The van der Waals surface area contributed by atoms with E-state index in [4.69, 9.17) is 11.6 Å². The van der Waals surface area contributed by atoms with E-state index >= 15 is 0 Å². The van der Waals surface area contributed by atoms with Gasteiger partial charge in [-0.2, -0.15) is 0 Å². The van der Waals surface area contributed by atoms with Gasteiger partial charge < -0.3 is 5.32 Å². The quantitative estimate of drug-likeness (QED) is 0.672. The van der Waals surface area contributed by atoms with Gasteiger partial charge in [-0.05, 0) is 18.6 Å². The molecular formula is C13H13ClN2O2S. The Kier molecular flexibility index (Phi) is 4.52. The van der Waals surface area contributed by atoms with E-state index in [1.807, 2.05) is 17.5 Å². The topological polar surface area (TPSA) is 55.2 Å². The number of thiophene rings is 1. The van der Waals surface area contributed by atoms with Crippen molar-refractivity contribution in [2.24, 2.45) is 0 Å². The van der Waals surface area contributed by atoms with Crippen LogP contribution in [0.1, 0.15) is 16.0 Å². The summed E-state index contributed by atoms with van der Waals surface area (Å²) in [5.41, 5.74) is 1.82. The summed E-state index contributed by atoms with van der Waals surface area (Å²) < 4.78 is 0. The lowest BCUT2D eigenvalue weighted by atomic mass is 10.1. The molecule has 0 spiro atoms. The third kappa shape index (κ3) is 3.53. The lowest BCUT2D eigenvalue weighted by Gasteiger charge is -2.07. The molecule has 0 saturated heterocycles. The van der Waals surface area contributed by atoms with E-state index in [-0.39, 0.29) is 10.6 Å². The van der Waals surface area contributed by atoms with Crippen LogP contribution < -0.4 is 5.32 Å². The summed E-state index contributed by atoms with van der Waals surface area (Å²) in [4.78, 5) is 11.6. The number of hydrogen-bond acceptors (Lipinski definition) is 4. The maximum atomic E-state index is 10.8. The first kappa shape index (κ1) is 14.0. The molecule has 0 saturated carbocycles. The van der Waals surface area contributed by atoms with Gasteiger partial charge in [-0.25, -0.2) is 0 Å². The summed E-state index contributed by atoms with van der Waals surface area (Å²) in [6.07, 6.45) is 0. The first-order chi connectivity index (χ1) is 9.08. The Morgan fingerprint density at radius 1 is 1.42 bits per heavy atom. The van der Waals surface area contributed by atoms with E-state index in [2.05, 4.69) is 5.32 Å². The number of halogens is 1. The van der Waals surface area contributed by atoms with Crippen LogP contribution in [0.4, 0.5) is 5.69 Å². The van der Waals surface area contributed by atoms with Crippen molar-refractivity contribution in [1.82, 2.24) is 5.32 Å².